The van der Waals surface area contributed by atoms with Crippen LogP contribution in [0, 0.1) is 33.6 Å². The van der Waals surface area contributed by atoms with Crippen molar-refractivity contribution in [1.82, 2.24) is 15.1 Å². The van der Waals surface area contributed by atoms with E-state index in [9.17, 15) is 13.2 Å². The average Bonchev–Trinajstić information content (AvgIpc) is 3.06. The molecule has 0 aliphatic rings. The third-order valence-electron chi connectivity index (χ3n) is 5.47. The molecule has 0 spiro atoms. The number of sulfonamides is 1. The summed E-state index contributed by atoms with van der Waals surface area (Å²) in [6.07, 6.45) is 0. The third-order valence-corrected chi connectivity index (χ3v) is 6.86. The molecule has 3 aromatic rings. The topological polar surface area (TPSA) is 93.1 Å². The van der Waals surface area contributed by atoms with Crippen molar-refractivity contribution in [1.29, 1.82) is 0 Å². The SMILES string of the molecule is Cc1cc(C)n(CC(C)CNC(=O)c2ccc(S(=O)(=O)Nc3cccc(C)c3C)cc2)n1. The summed E-state index contributed by atoms with van der Waals surface area (Å²) in [5.41, 5.74) is 4.90. The van der Waals surface area contributed by atoms with Gasteiger partial charge in [0.15, 0.2) is 0 Å². The summed E-state index contributed by atoms with van der Waals surface area (Å²) in [7, 11) is -3.75. The second kappa shape index (κ2) is 9.56. The molecule has 170 valence electrons. The van der Waals surface area contributed by atoms with Crippen molar-refractivity contribution in [3.8, 4) is 0 Å². The molecule has 0 aliphatic carbocycles. The normalized spacial score (nSPS) is 12.4. The van der Waals surface area contributed by atoms with Crippen LogP contribution in [0.5, 0.6) is 0 Å². The number of carbonyl (C=O) groups is 1. The summed E-state index contributed by atoms with van der Waals surface area (Å²) in [5.74, 6) is -0.0463. The van der Waals surface area contributed by atoms with Crippen molar-refractivity contribution >= 4 is 21.6 Å². The number of anilines is 1. The molecule has 0 aliphatic heterocycles. The van der Waals surface area contributed by atoms with Crippen LogP contribution >= 0.6 is 0 Å². The smallest absolute Gasteiger partial charge is 0.261 e. The molecule has 0 radical (unpaired) electrons. The van der Waals surface area contributed by atoms with Gasteiger partial charge in [-0.1, -0.05) is 19.1 Å². The first-order valence-electron chi connectivity index (χ1n) is 10.5. The van der Waals surface area contributed by atoms with E-state index in [1.54, 1.807) is 6.07 Å². The van der Waals surface area contributed by atoms with E-state index in [1.165, 1.54) is 24.3 Å². The predicted molar refractivity (Wildman–Crippen MR) is 126 cm³/mol. The van der Waals surface area contributed by atoms with Crippen molar-refractivity contribution in [2.45, 2.75) is 46.1 Å². The second-order valence-electron chi connectivity index (χ2n) is 8.30. The lowest BCUT2D eigenvalue weighted by molar-refractivity contribution is 0.0946. The molecule has 0 bridgehead atoms. The first-order chi connectivity index (χ1) is 15.1. The van der Waals surface area contributed by atoms with E-state index in [-0.39, 0.29) is 16.7 Å². The summed E-state index contributed by atoms with van der Waals surface area (Å²) in [6.45, 7) is 11.0. The molecule has 0 fully saturated rings. The highest BCUT2D eigenvalue weighted by Crippen LogP contribution is 2.22. The fourth-order valence-corrected chi connectivity index (χ4v) is 4.56. The van der Waals surface area contributed by atoms with E-state index in [4.69, 9.17) is 0 Å². The molecular weight excluding hydrogens is 424 g/mol. The van der Waals surface area contributed by atoms with E-state index in [0.717, 1.165) is 22.5 Å². The van der Waals surface area contributed by atoms with Gasteiger partial charge in [0.1, 0.15) is 0 Å². The van der Waals surface area contributed by atoms with Crippen molar-refractivity contribution in [2.24, 2.45) is 5.92 Å². The van der Waals surface area contributed by atoms with Gasteiger partial charge >= 0.3 is 0 Å². The lowest BCUT2D eigenvalue weighted by Crippen LogP contribution is -2.30. The highest BCUT2D eigenvalue weighted by molar-refractivity contribution is 7.92. The molecule has 3 rings (SSSR count). The maximum atomic E-state index is 12.7. The summed E-state index contributed by atoms with van der Waals surface area (Å²) in [4.78, 5) is 12.6. The summed E-state index contributed by atoms with van der Waals surface area (Å²) in [6, 6.07) is 13.4. The minimum Gasteiger partial charge on any atom is -0.352 e. The standard InChI is InChI=1S/C24H30N4O3S/c1-16(15-28-19(4)13-18(3)26-28)14-25-24(29)21-9-11-22(12-10-21)32(30,31)27-23-8-6-7-17(2)20(23)5/h6-13,16,27H,14-15H2,1-5H3,(H,25,29). The number of nitrogens with zero attached hydrogens (tertiary/aromatic N) is 2. The highest BCUT2D eigenvalue weighted by Gasteiger charge is 2.17. The van der Waals surface area contributed by atoms with Gasteiger partial charge in [-0.05, 0) is 81.1 Å². The number of rotatable bonds is 8. The Labute approximate surface area is 189 Å². The Hall–Kier alpha value is -3.13. The molecule has 1 heterocycles. The van der Waals surface area contributed by atoms with E-state index in [0.29, 0.717) is 24.3 Å². The molecule has 8 heteroatoms. The highest BCUT2D eigenvalue weighted by atomic mass is 32.2. The third kappa shape index (κ3) is 5.56. The van der Waals surface area contributed by atoms with Crippen molar-refractivity contribution < 1.29 is 13.2 Å². The zero-order valence-corrected chi connectivity index (χ0v) is 20.0. The molecule has 2 N–H and O–H groups in total. The van der Waals surface area contributed by atoms with Crippen LogP contribution < -0.4 is 10.0 Å². The first kappa shape index (κ1) is 23.5. The molecule has 32 heavy (non-hydrogen) atoms. The first-order valence-corrected chi connectivity index (χ1v) is 12.0. The number of aromatic nitrogens is 2. The molecule has 7 nitrogen and oxygen atoms in total. The van der Waals surface area contributed by atoms with Crippen LogP contribution in [0.25, 0.3) is 0 Å². The number of benzene rings is 2. The van der Waals surface area contributed by atoms with E-state index >= 15 is 0 Å². The molecule has 0 saturated heterocycles. The molecule has 1 unspecified atom stereocenters. The number of hydrogen-bond donors (Lipinski definition) is 2. The van der Waals surface area contributed by atoms with E-state index in [1.807, 2.05) is 57.5 Å². The van der Waals surface area contributed by atoms with Crippen LogP contribution in [0.4, 0.5) is 5.69 Å². The molecule has 1 aromatic heterocycles. The Bertz CT molecular complexity index is 1210. The monoisotopic (exact) mass is 454 g/mol. The van der Waals surface area contributed by atoms with Gasteiger partial charge in [-0.3, -0.25) is 14.2 Å². The van der Waals surface area contributed by atoms with Crippen LogP contribution in [0.15, 0.2) is 53.4 Å². The van der Waals surface area contributed by atoms with Crippen LogP contribution in [-0.4, -0.2) is 30.7 Å². The lowest BCUT2D eigenvalue weighted by atomic mass is 10.1. The van der Waals surface area contributed by atoms with Crippen LogP contribution in [0.2, 0.25) is 0 Å². The average molecular weight is 455 g/mol. The number of nitrogens with one attached hydrogen (secondary N) is 2. The zero-order chi connectivity index (χ0) is 23.5. The maximum Gasteiger partial charge on any atom is 0.261 e. The fourth-order valence-electron chi connectivity index (χ4n) is 3.44. The van der Waals surface area contributed by atoms with Crippen LogP contribution in [0.1, 0.15) is 39.8 Å². The number of hydrogen-bond acceptors (Lipinski definition) is 4. The van der Waals surface area contributed by atoms with Crippen molar-refractivity contribution in [3.05, 3.63) is 76.6 Å². The van der Waals surface area contributed by atoms with Gasteiger partial charge in [-0.15, -0.1) is 0 Å². The molecule has 1 amide bonds. The number of amides is 1. The predicted octanol–water partition coefficient (Wildman–Crippen LogP) is 3.98. The molecule has 0 saturated carbocycles. The van der Waals surface area contributed by atoms with Gasteiger partial charge in [-0.25, -0.2) is 8.42 Å². The Balaban J connectivity index is 1.61. The maximum absolute atomic E-state index is 12.7. The number of aryl methyl sites for hydroxylation is 3. The number of carbonyl (C=O) groups excluding carboxylic acids is 1. The van der Waals surface area contributed by atoms with Gasteiger partial charge < -0.3 is 5.32 Å². The Morgan fingerprint density at radius 3 is 2.38 bits per heavy atom. The van der Waals surface area contributed by atoms with Gasteiger partial charge in [-0.2, -0.15) is 5.10 Å². The minimum absolute atomic E-state index is 0.104. The largest absolute Gasteiger partial charge is 0.352 e. The Kier molecular flexibility index (Phi) is 7.03. The fraction of sp³-hybridized carbons (Fsp3) is 0.333. The zero-order valence-electron chi connectivity index (χ0n) is 19.1. The quantitative estimate of drug-likeness (QED) is 0.538. The Morgan fingerprint density at radius 1 is 1.06 bits per heavy atom. The Morgan fingerprint density at radius 2 is 1.75 bits per heavy atom. The molecule has 1 atom stereocenters. The van der Waals surface area contributed by atoms with E-state index in [2.05, 4.69) is 15.1 Å². The van der Waals surface area contributed by atoms with E-state index < -0.39 is 10.0 Å². The summed E-state index contributed by atoms with van der Waals surface area (Å²) >= 11 is 0. The summed E-state index contributed by atoms with van der Waals surface area (Å²) < 4.78 is 30.1. The van der Waals surface area contributed by atoms with Crippen LogP contribution in [0.3, 0.4) is 0 Å². The molecule has 2 aromatic carbocycles. The van der Waals surface area contributed by atoms with Gasteiger partial charge in [0, 0.05) is 24.3 Å². The second-order valence-corrected chi connectivity index (χ2v) is 9.98. The van der Waals surface area contributed by atoms with Gasteiger partial charge in [0.2, 0.25) is 0 Å². The minimum atomic E-state index is -3.75. The van der Waals surface area contributed by atoms with Crippen molar-refractivity contribution in [2.75, 3.05) is 11.3 Å². The molecular formula is C24H30N4O3S. The van der Waals surface area contributed by atoms with Crippen molar-refractivity contribution in [3.63, 3.8) is 0 Å². The lowest BCUT2D eigenvalue weighted by Gasteiger charge is -2.14. The summed E-state index contributed by atoms with van der Waals surface area (Å²) in [5, 5.41) is 7.36. The van der Waals surface area contributed by atoms with Gasteiger partial charge in [0.05, 0.1) is 16.3 Å². The van der Waals surface area contributed by atoms with Gasteiger partial charge in [0.25, 0.3) is 15.9 Å². The van der Waals surface area contributed by atoms with Crippen LogP contribution in [-0.2, 0) is 16.6 Å².